The molecule has 2 aromatic carbocycles. The van der Waals surface area contributed by atoms with Crippen molar-refractivity contribution in [1.82, 2.24) is 10.2 Å². The number of fused-ring (bicyclic) bond motifs is 2. The standard InChI is InChI=1S/C29H31N3O4S2/c1-20(23-7-3-21(18-30)4-8-23)32-14-12-29(13-15-32)27-24(11-16-36-29)17-26(37-27)28(33)31-19-22-5-9-25(10-6-22)38(2,34)35/h3-10,17,20H,11-16,19H2,1-2H3,(H,31,33). The van der Waals surface area contributed by atoms with E-state index >= 15 is 0 Å². The normalized spacial score (nSPS) is 17.9. The van der Waals surface area contributed by atoms with Crippen molar-refractivity contribution >= 4 is 27.1 Å². The van der Waals surface area contributed by atoms with Gasteiger partial charge in [0.05, 0.1) is 28.0 Å². The Labute approximate surface area is 228 Å². The summed E-state index contributed by atoms with van der Waals surface area (Å²) in [6.07, 6.45) is 3.72. The predicted molar refractivity (Wildman–Crippen MR) is 147 cm³/mol. The van der Waals surface area contributed by atoms with Crippen molar-refractivity contribution in [3.05, 3.63) is 86.6 Å². The first-order valence-electron chi connectivity index (χ1n) is 12.8. The van der Waals surface area contributed by atoms with Gasteiger partial charge in [-0.2, -0.15) is 5.26 Å². The number of benzene rings is 2. The van der Waals surface area contributed by atoms with Gasteiger partial charge >= 0.3 is 0 Å². The summed E-state index contributed by atoms with van der Waals surface area (Å²) in [5, 5.41) is 12.0. The predicted octanol–water partition coefficient (Wildman–Crippen LogP) is 4.58. The summed E-state index contributed by atoms with van der Waals surface area (Å²) < 4.78 is 29.8. The molecule has 3 heterocycles. The molecule has 0 bridgehead atoms. The van der Waals surface area contributed by atoms with Crippen LogP contribution in [0.5, 0.6) is 0 Å². The van der Waals surface area contributed by atoms with Crippen molar-refractivity contribution in [3.8, 4) is 6.07 Å². The van der Waals surface area contributed by atoms with E-state index in [0.29, 0.717) is 23.6 Å². The monoisotopic (exact) mass is 549 g/mol. The third-order valence-corrected chi connectivity index (χ3v) is 10.2. The highest BCUT2D eigenvalue weighted by Gasteiger charge is 2.43. The Bertz CT molecular complexity index is 1460. The first-order chi connectivity index (χ1) is 18.2. The number of carbonyl (C=O) groups excluding carboxylic acids is 1. The number of thiophene rings is 1. The maximum absolute atomic E-state index is 13.0. The van der Waals surface area contributed by atoms with Crippen LogP contribution in [0, 0.1) is 11.3 Å². The molecule has 1 aromatic heterocycles. The van der Waals surface area contributed by atoms with Crippen molar-refractivity contribution < 1.29 is 17.9 Å². The largest absolute Gasteiger partial charge is 0.369 e. The maximum atomic E-state index is 13.0. The lowest BCUT2D eigenvalue weighted by atomic mass is 9.84. The molecule has 1 saturated heterocycles. The van der Waals surface area contributed by atoms with Gasteiger partial charge in [-0.25, -0.2) is 8.42 Å². The molecule has 1 atom stereocenters. The minimum absolute atomic E-state index is 0.126. The van der Waals surface area contributed by atoms with Gasteiger partial charge in [0, 0.05) is 36.8 Å². The van der Waals surface area contributed by atoms with Gasteiger partial charge in [0.1, 0.15) is 5.60 Å². The van der Waals surface area contributed by atoms with Crippen LogP contribution >= 0.6 is 11.3 Å². The number of nitriles is 1. The molecule has 7 nitrogen and oxygen atoms in total. The van der Waals surface area contributed by atoms with E-state index in [1.54, 1.807) is 24.3 Å². The second kappa shape index (κ2) is 10.6. The fraction of sp³-hybridized carbons (Fsp3) is 0.379. The fourth-order valence-electron chi connectivity index (χ4n) is 5.35. The number of piperidine rings is 1. The lowest BCUT2D eigenvalue weighted by molar-refractivity contribution is -0.0994. The number of amides is 1. The van der Waals surface area contributed by atoms with E-state index in [-0.39, 0.29) is 22.4 Å². The lowest BCUT2D eigenvalue weighted by Gasteiger charge is -2.45. The Kier molecular flexibility index (Phi) is 7.43. The number of hydrogen-bond acceptors (Lipinski definition) is 7. The molecule has 2 aliphatic rings. The molecule has 1 amide bonds. The molecule has 3 aromatic rings. The highest BCUT2D eigenvalue weighted by Crippen LogP contribution is 2.46. The van der Waals surface area contributed by atoms with Gasteiger partial charge in [-0.05, 0) is 73.2 Å². The van der Waals surface area contributed by atoms with Crippen molar-refractivity contribution in [2.24, 2.45) is 0 Å². The summed E-state index contributed by atoms with van der Waals surface area (Å²) in [6.45, 7) is 4.97. The van der Waals surface area contributed by atoms with Gasteiger partial charge in [0.15, 0.2) is 9.84 Å². The van der Waals surface area contributed by atoms with Crippen LogP contribution in [0.2, 0.25) is 0 Å². The smallest absolute Gasteiger partial charge is 0.261 e. The topological polar surface area (TPSA) is 99.5 Å². The zero-order valence-corrected chi connectivity index (χ0v) is 23.2. The van der Waals surface area contributed by atoms with Crippen LogP contribution in [-0.4, -0.2) is 45.2 Å². The van der Waals surface area contributed by atoms with E-state index in [0.717, 1.165) is 37.9 Å². The summed E-state index contributed by atoms with van der Waals surface area (Å²) >= 11 is 1.53. The van der Waals surface area contributed by atoms with E-state index in [1.165, 1.54) is 33.6 Å². The van der Waals surface area contributed by atoms with Crippen molar-refractivity contribution in [2.75, 3.05) is 26.0 Å². The molecule has 9 heteroatoms. The highest BCUT2D eigenvalue weighted by molar-refractivity contribution is 7.90. The van der Waals surface area contributed by atoms with E-state index in [2.05, 4.69) is 23.2 Å². The molecular formula is C29H31N3O4S2. The molecular weight excluding hydrogens is 518 g/mol. The van der Waals surface area contributed by atoms with Crippen LogP contribution in [-0.2, 0) is 33.1 Å². The van der Waals surface area contributed by atoms with Crippen LogP contribution in [0.15, 0.2) is 59.5 Å². The quantitative estimate of drug-likeness (QED) is 0.483. The Morgan fingerprint density at radius 2 is 1.84 bits per heavy atom. The van der Waals surface area contributed by atoms with Gasteiger partial charge in [-0.3, -0.25) is 9.69 Å². The molecule has 38 heavy (non-hydrogen) atoms. The van der Waals surface area contributed by atoms with Gasteiger partial charge in [0.2, 0.25) is 0 Å². The zero-order chi connectivity index (χ0) is 26.9. The van der Waals surface area contributed by atoms with Crippen molar-refractivity contribution in [3.63, 3.8) is 0 Å². The number of rotatable bonds is 6. The molecule has 1 unspecified atom stereocenters. The highest BCUT2D eigenvalue weighted by atomic mass is 32.2. The lowest BCUT2D eigenvalue weighted by Crippen LogP contribution is -2.46. The number of hydrogen-bond donors (Lipinski definition) is 1. The first-order valence-corrected chi connectivity index (χ1v) is 15.5. The molecule has 5 rings (SSSR count). The molecule has 2 aliphatic heterocycles. The van der Waals surface area contributed by atoms with Gasteiger partial charge < -0.3 is 10.1 Å². The summed E-state index contributed by atoms with van der Waals surface area (Å²) in [4.78, 5) is 17.6. The first kappa shape index (κ1) is 26.6. The third kappa shape index (κ3) is 5.40. The molecule has 0 saturated carbocycles. The molecule has 1 N–H and O–H groups in total. The third-order valence-electron chi connectivity index (χ3n) is 7.68. The van der Waals surface area contributed by atoms with E-state index in [4.69, 9.17) is 10.00 Å². The van der Waals surface area contributed by atoms with Crippen molar-refractivity contribution in [2.45, 2.75) is 49.3 Å². The number of carbonyl (C=O) groups is 1. The minimum atomic E-state index is -3.25. The Hall–Kier alpha value is -3.03. The summed E-state index contributed by atoms with van der Waals surface area (Å²) in [5.41, 5.74) is 3.57. The molecule has 0 aliphatic carbocycles. The summed E-state index contributed by atoms with van der Waals surface area (Å²) in [5.74, 6) is -0.126. The second-order valence-corrected chi connectivity index (χ2v) is 13.2. The van der Waals surface area contributed by atoms with Crippen LogP contribution < -0.4 is 5.32 Å². The zero-order valence-electron chi connectivity index (χ0n) is 21.6. The molecule has 0 radical (unpaired) electrons. The molecule has 1 spiro atoms. The van der Waals surface area contributed by atoms with E-state index in [9.17, 15) is 13.2 Å². The van der Waals surface area contributed by atoms with Crippen LogP contribution in [0.4, 0.5) is 0 Å². The van der Waals surface area contributed by atoms with Crippen LogP contribution in [0.25, 0.3) is 0 Å². The fourth-order valence-corrected chi connectivity index (χ4v) is 7.31. The number of nitrogens with one attached hydrogen (secondary N) is 1. The molecule has 1 fully saturated rings. The molecule has 198 valence electrons. The van der Waals surface area contributed by atoms with Gasteiger partial charge in [0.25, 0.3) is 5.91 Å². The Balaban J connectivity index is 1.24. The summed E-state index contributed by atoms with van der Waals surface area (Å²) in [6, 6.07) is 18.8. The number of ether oxygens (including phenoxy) is 1. The van der Waals surface area contributed by atoms with E-state index < -0.39 is 9.84 Å². The van der Waals surface area contributed by atoms with Crippen LogP contribution in [0.1, 0.15) is 62.6 Å². The van der Waals surface area contributed by atoms with E-state index in [1.807, 2.05) is 30.3 Å². The van der Waals surface area contributed by atoms with Gasteiger partial charge in [-0.1, -0.05) is 24.3 Å². The Morgan fingerprint density at radius 3 is 2.47 bits per heavy atom. The Morgan fingerprint density at radius 1 is 1.16 bits per heavy atom. The number of nitrogens with zero attached hydrogens (tertiary/aromatic N) is 2. The van der Waals surface area contributed by atoms with Crippen LogP contribution in [0.3, 0.4) is 0 Å². The average Bonchev–Trinajstić information content (AvgIpc) is 3.38. The average molecular weight is 550 g/mol. The number of likely N-dealkylation sites (tertiary alicyclic amines) is 1. The second-order valence-electron chi connectivity index (χ2n) is 10.1. The summed E-state index contributed by atoms with van der Waals surface area (Å²) in [7, 11) is -3.25. The van der Waals surface area contributed by atoms with Crippen molar-refractivity contribution in [1.29, 1.82) is 5.26 Å². The number of sulfone groups is 1. The SMILES string of the molecule is CC(c1ccc(C#N)cc1)N1CCC2(CC1)OCCc1cc(C(=O)NCc3ccc(S(C)(=O)=O)cc3)sc12. The van der Waals surface area contributed by atoms with Gasteiger partial charge in [-0.15, -0.1) is 11.3 Å². The minimum Gasteiger partial charge on any atom is -0.369 e. The maximum Gasteiger partial charge on any atom is 0.261 e.